The van der Waals surface area contributed by atoms with Crippen molar-refractivity contribution in [3.8, 4) is 0 Å². The van der Waals surface area contributed by atoms with Crippen LogP contribution in [0.2, 0.25) is 0 Å². The molecule has 1 aromatic heterocycles. The van der Waals surface area contributed by atoms with E-state index in [4.69, 9.17) is 0 Å². The number of hydrazine groups is 1. The van der Waals surface area contributed by atoms with Crippen LogP contribution < -0.4 is 10.6 Å². The lowest BCUT2D eigenvalue weighted by Gasteiger charge is -2.34. The number of hydrogen-bond acceptors (Lipinski definition) is 6. The molecule has 5 rings (SSSR count). The van der Waals surface area contributed by atoms with Crippen molar-refractivity contribution in [2.45, 2.75) is 31.1 Å². The predicted molar refractivity (Wildman–Crippen MR) is 175 cm³/mol. The van der Waals surface area contributed by atoms with Gasteiger partial charge in [0.05, 0.1) is 15.1 Å². The fourth-order valence-corrected chi connectivity index (χ4v) is 7.38. The second-order valence-corrected chi connectivity index (χ2v) is 12.9. The summed E-state index contributed by atoms with van der Waals surface area (Å²) in [6.07, 6.45) is 0.453. The van der Waals surface area contributed by atoms with Crippen molar-refractivity contribution >= 4 is 54.3 Å². The van der Waals surface area contributed by atoms with E-state index in [0.29, 0.717) is 17.2 Å². The average molecular weight is 628 g/mol. The van der Waals surface area contributed by atoms with Crippen molar-refractivity contribution in [1.29, 1.82) is 0 Å². The molecule has 0 radical (unpaired) electrons. The minimum Gasteiger partial charge on any atom is -0.326 e. The molecule has 0 atom stereocenters. The van der Waals surface area contributed by atoms with Gasteiger partial charge in [-0.15, -0.1) is 4.41 Å². The van der Waals surface area contributed by atoms with Gasteiger partial charge in [0, 0.05) is 31.6 Å². The lowest BCUT2D eigenvalue weighted by molar-refractivity contribution is -0.114. The molecule has 0 aliphatic carbocycles. The molecule has 4 aromatic carbocycles. The van der Waals surface area contributed by atoms with Gasteiger partial charge < -0.3 is 5.32 Å². The lowest BCUT2D eigenvalue weighted by atomic mass is 9.88. The number of fused-ring (bicyclic) bond motifs is 1. The number of rotatable bonds is 11. The largest absolute Gasteiger partial charge is 0.339 e. The quantitative estimate of drug-likeness (QED) is 0.154. The zero-order valence-electron chi connectivity index (χ0n) is 24.4. The second kappa shape index (κ2) is 13.8. The summed E-state index contributed by atoms with van der Waals surface area (Å²) in [5, 5.41) is 7.11. The number of para-hydroxylation sites is 1. The minimum atomic E-state index is -4.17. The van der Waals surface area contributed by atoms with Gasteiger partial charge in [0.25, 0.3) is 10.0 Å². The Morgan fingerprint density at radius 3 is 1.98 bits per heavy atom. The Labute approximate surface area is 261 Å². The number of sulfonamides is 1. The van der Waals surface area contributed by atoms with Crippen LogP contribution in [-0.2, 0) is 14.8 Å². The highest BCUT2D eigenvalue weighted by molar-refractivity contribution is 7.89. The standard InChI is InChI=1S/C33H33N5O4S2/c1-3-38(44(41,42)28-20-18-27(19-21-28)34-24(2)39)37(33(40)36-32-35-30-16-10-11-17-31(30)43-32)23-22-29(25-12-6-4-7-13-25)26-14-8-5-9-15-26/h4-21,29H,3,22-23H2,1-2H3,(H,34,39)(H,35,36,40). The minimum absolute atomic E-state index is 0.00435. The number of hydrogen-bond donors (Lipinski definition) is 2. The van der Waals surface area contributed by atoms with Crippen molar-refractivity contribution in [2.75, 3.05) is 23.7 Å². The SMILES string of the molecule is CCN(N(CCC(c1ccccc1)c1ccccc1)C(=O)Nc1nc2ccccc2s1)S(=O)(=O)c1ccc(NC(C)=O)cc1. The monoisotopic (exact) mass is 627 g/mol. The highest BCUT2D eigenvalue weighted by Crippen LogP contribution is 2.30. The van der Waals surface area contributed by atoms with Crippen LogP contribution in [0.15, 0.2) is 114 Å². The normalized spacial score (nSPS) is 11.5. The molecule has 226 valence electrons. The van der Waals surface area contributed by atoms with Gasteiger partial charge in [0.2, 0.25) is 5.91 Å². The van der Waals surface area contributed by atoms with E-state index in [2.05, 4.69) is 15.6 Å². The molecule has 0 aliphatic heterocycles. The summed E-state index contributed by atoms with van der Waals surface area (Å²) in [7, 11) is -4.17. The van der Waals surface area contributed by atoms with Crippen LogP contribution in [0.5, 0.6) is 0 Å². The Hall–Kier alpha value is -4.58. The summed E-state index contributed by atoms with van der Waals surface area (Å²) in [5.41, 5.74) is 3.33. The second-order valence-electron chi connectivity index (χ2n) is 10.1. The molecule has 0 saturated carbocycles. The first kappa shape index (κ1) is 30.9. The summed E-state index contributed by atoms with van der Waals surface area (Å²) >= 11 is 1.32. The highest BCUT2D eigenvalue weighted by atomic mass is 32.2. The Morgan fingerprint density at radius 1 is 0.818 bits per heavy atom. The Morgan fingerprint density at radius 2 is 1.41 bits per heavy atom. The average Bonchev–Trinajstić information content (AvgIpc) is 3.44. The van der Waals surface area contributed by atoms with E-state index >= 15 is 0 Å². The third kappa shape index (κ3) is 7.13. The van der Waals surface area contributed by atoms with Gasteiger partial charge in [0.15, 0.2) is 5.13 Å². The third-order valence-electron chi connectivity index (χ3n) is 7.07. The number of amides is 3. The molecule has 0 fully saturated rings. The van der Waals surface area contributed by atoms with Gasteiger partial charge in [0.1, 0.15) is 0 Å². The molecule has 2 N–H and O–H groups in total. The van der Waals surface area contributed by atoms with Gasteiger partial charge in [-0.1, -0.05) is 84.1 Å². The van der Waals surface area contributed by atoms with Crippen LogP contribution in [0.3, 0.4) is 0 Å². The first-order valence-electron chi connectivity index (χ1n) is 14.2. The van der Waals surface area contributed by atoms with E-state index in [1.54, 1.807) is 6.92 Å². The van der Waals surface area contributed by atoms with E-state index < -0.39 is 16.1 Å². The third-order valence-corrected chi connectivity index (χ3v) is 9.90. The molecule has 44 heavy (non-hydrogen) atoms. The van der Waals surface area contributed by atoms with E-state index in [1.165, 1.54) is 47.5 Å². The number of anilines is 2. The van der Waals surface area contributed by atoms with Gasteiger partial charge in [-0.25, -0.2) is 23.2 Å². The number of thiazole rings is 1. The van der Waals surface area contributed by atoms with Crippen molar-refractivity contribution in [3.05, 3.63) is 120 Å². The summed E-state index contributed by atoms with van der Waals surface area (Å²) in [6, 6.07) is 32.7. The fourth-order valence-electron chi connectivity index (χ4n) is 5.05. The molecule has 0 spiro atoms. The summed E-state index contributed by atoms with van der Waals surface area (Å²) in [6.45, 7) is 3.17. The number of nitrogens with zero attached hydrogens (tertiary/aromatic N) is 3. The summed E-state index contributed by atoms with van der Waals surface area (Å²) in [5.74, 6) is -0.353. The summed E-state index contributed by atoms with van der Waals surface area (Å²) < 4.78 is 30.0. The maximum Gasteiger partial charge on any atom is 0.339 e. The van der Waals surface area contributed by atoms with Crippen LogP contribution in [0, 0.1) is 0 Å². The van der Waals surface area contributed by atoms with E-state index in [9.17, 15) is 18.0 Å². The van der Waals surface area contributed by atoms with Gasteiger partial charge in [-0.3, -0.25) is 10.1 Å². The van der Waals surface area contributed by atoms with Crippen LogP contribution in [0.25, 0.3) is 10.2 Å². The molecular formula is C33H33N5O4S2. The van der Waals surface area contributed by atoms with Crippen LogP contribution >= 0.6 is 11.3 Å². The van der Waals surface area contributed by atoms with E-state index in [1.807, 2.05) is 84.9 Å². The van der Waals surface area contributed by atoms with Crippen molar-refractivity contribution in [1.82, 2.24) is 14.4 Å². The molecule has 0 aliphatic rings. The smallest absolute Gasteiger partial charge is 0.326 e. The zero-order chi connectivity index (χ0) is 31.1. The lowest BCUT2D eigenvalue weighted by Crippen LogP contribution is -2.51. The molecule has 5 aromatic rings. The highest BCUT2D eigenvalue weighted by Gasteiger charge is 2.33. The molecule has 0 unspecified atom stereocenters. The first-order chi connectivity index (χ1) is 21.3. The fraction of sp³-hybridized carbons (Fsp3) is 0.182. The Kier molecular flexibility index (Phi) is 9.69. The van der Waals surface area contributed by atoms with Gasteiger partial charge in [-0.05, 0) is 60.9 Å². The van der Waals surface area contributed by atoms with Crippen LogP contribution in [-0.4, -0.2) is 47.9 Å². The molecular weight excluding hydrogens is 595 g/mol. The zero-order valence-corrected chi connectivity index (χ0v) is 26.0. The number of nitrogens with one attached hydrogen (secondary N) is 2. The van der Waals surface area contributed by atoms with E-state index in [-0.39, 0.29) is 29.8 Å². The number of carbonyl (C=O) groups excluding carboxylic acids is 2. The molecule has 0 saturated heterocycles. The van der Waals surface area contributed by atoms with E-state index in [0.717, 1.165) is 25.8 Å². The number of aromatic nitrogens is 1. The number of benzene rings is 4. The summed E-state index contributed by atoms with van der Waals surface area (Å²) in [4.78, 5) is 29.9. The number of urea groups is 1. The molecule has 9 nitrogen and oxygen atoms in total. The number of carbonyl (C=O) groups is 2. The molecule has 3 amide bonds. The molecule has 0 bridgehead atoms. The topological polar surface area (TPSA) is 112 Å². The van der Waals surface area contributed by atoms with Crippen molar-refractivity contribution in [3.63, 3.8) is 0 Å². The Bertz CT molecular complexity index is 1760. The maximum absolute atomic E-state index is 14.0. The predicted octanol–water partition coefficient (Wildman–Crippen LogP) is 6.94. The van der Waals surface area contributed by atoms with Gasteiger partial charge >= 0.3 is 6.03 Å². The maximum atomic E-state index is 14.0. The Balaban J connectivity index is 1.49. The van der Waals surface area contributed by atoms with Crippen LogP contribution in [0.4, 0.5) is 15.6 Å². The molecule has 1 heterocycles. The first-order valence-corrected chi connectivity index (χ1v) is 16.5. The van der Waals surface area contributed by atoms with Crippen molar-refractivity contribution in [2.24, 2.45) is 0 Å². The van der Waals surface area contributed by atoms with Crippen LogP contribution in [0.1, 0.15) is 37.3 Å². The van der Waals surface area contributed by atoms with Gasteiger partial charge in [-0.2, -0.15) is 0 Å². The molecule has 11 heteroatoms. The van der Waals surface area contributed by atoms with Crippen molar-refractivity contribution < 1.29 is 18.0 Å².